The number of hydrazine groups is 1. The molecule has 3 N–H and O–H groups in total. The summed E-state index contributed by atoms with van der Waals surface area (Å²) >= 11 is 0. The van der Waals surface area contributed by atoms with Crippen LogP contribution in [-0.4, -0.2) is 13.2 Å². The molecule has 0 saturated heterocycles. The van der Waals surface area contributed by atoms with Gasteiger partial charge in [0.1, 0.15) is 5.75 Å². The Hall–Kier alpha value is -1.06. The average Bonchev–Trinajstić information content (AvgIpc) is 2.82. The Morgan fingerprint density at radius 2 is 2.17 bits per heavy atom. The van der Waals surface area contributed by atoms with Crippen molar-refractivity contribution in [1.82, 2.24) is 5.43 Å². The number of benzene rings is 1. The van der Waals surface area contributed by atoms with Crippen LogP contribution in [0.2, 0.25) is 0 Å². The summed E-state index contributed by atoms with van der Waals surface area (Å²) in [6.45, 7) is 2.34. The lowest BCUT2D eigenvalue weighted by Crippen LogP contribution is -2.43. The fraction of sp³-hybridized carbons (Fsp3) is 0.600. The predicted octanol–water partition coefficient (Wildman–Crippen LogP) is 2.51. The minimum atomic E-state index is 0.346. The van der Waals surface area contributed by atoms with Crippen LogP contribution in [0.15, 0.2) is 24.3 Å². The van der Waals surface area contributed by atoms with Crippen LogP contribution in [0.1, 0.15) is 31.7 Å². The molecule has 1 aromatic carbocycles. The van der Waals surface area contributed by atoms with Gasteiger partial charge in [-0.15, -0.1) is 0 Å². The summed E-state index contributed by atoms with van der Waals surface area (Å²) in [5.74, 6) is 8.17. The zero-order valence-electron chi connectivity index (χ0n) is 11.4. The molecule has 18 heavy (non-hydrogen) atoms. The standard InChI is InChI=1S/C15H24N2O/c1-11-6-5-8-13(11)14(17-16)10-12-7-3-4-9-15(12)18-2/h3-4,7,9,11,13-14,17H,5-6,8,10,16H2,1-2H3. The smallest absolute Gasteiger partial charge is 0.122 e. The molecule has 100 valence electrons. The summed E-state index contributed by atoms with van der Waals surface area (Å²) in [4.78, 5) is 0. The van der Waals surface area contributed by atoms with E-state index in [2.05, 4.69) is 24.5 Å². The Bertz CT molecular complexity index is 381. The van der Waals surface area contributed by atoms with Gasteiger partial charge in [0.2, 0.25) is 0 Å². The van der Waals surface area contributed by atoms with E-state index in [9.17, 15) is 0 Å². The van der Waals surface area contributed by atoms with Crippen LogP contribution in [-0.2, 0) is 6.42 Å². The number of ether oxygens (including phenoxy) is 1. The minimum Gasteiger partial charge on any atom is -0.496 e. The Morgan fingerprint density at radius 1 is 1.39 bits per heavy atom. The van der Waals surface area contributed by atoms with Crippen LogP contribution in [0.25, 0.3) is 0 Å². The Kier molecular flexibility index (Phi) is 4.61. The van der Waals surface area contributed by atoms with Crippen molar-refractivity contribution in [3.05, 3.63) is 29.8 Å². The third-order valence-electron chi connectivity index (χ3n) is 4.29. The first-order valence-electron chi connectivity index (χ1n) is 6.84. The topological polar surface area (TPSA) is 47.3 Å². The highest BCUT2D eigenvalue weighted by atomic mass is 16.5. The SMILES string of the molecule is COc1ccccc1CC(NN)C1CCCC1C. The molecule has 3 heteroatoms. The monoisotopic (exact) mass is 248 g/mol. The van der Waals surface area contributed by atoms with Crippen molar-refractivity contribution in [2.75, 3.05) is 7.11 Å². The van der Waals surface area contributed by atoms with Gasteiger partial charge in [-0.1, -0.05) is 38.0 Å². The highest BCUT2D eigenvalue weighted by Crippen LogP contribution is 2.35. The van der Waals surface area contributed by atoms with Crippen LogP contribution in [0.3, 0.4) is 0 Å². The molecule has 3 nitrogen and oxygen atoms in total. The highest BCUT2D eigenvalue weighted by molar-refractivity contribution is 5.34. The summed E-state index contributed by atoms with van der Waals surface area (Å²) in [5, 5.41) is 0. The lowest BCUT2D eigenvalue weighted by molar-refractivity contribution is 0.294. The summed E-state index contributed by atoms with van der Waals surface area (Å²) in [7, 11) is 1.72. The summed E-state index contributed by atoms with van der Waals surface area (Å²) in [6, 6.07) is 8.55. The Balaban J connectivity index is 2.10. The quantitative estimate of drug-likeness (QED) is 0.622. The maximum Gasteiger partial charge on any atom is 0.122 e. The van der Waals surface area contributed by atoms with Gasteiger partial charge in [-0.2, -0.15) is 0 Å². The molecule has 1 saturated carbocycles. The van der Waals surface area contributed by atoms with E-state index < -0.39 is 0 Å². The summed E-state index contributed by atoms with van der Waals surface area (Å²) in [6.07, 6.45) is 4.88. The second-order valence-corrected chi connectivity index (χ2v) is 5.36. The molecule has 2 rings (SSSR count). The molecule has 3 unspecified atom stereocenters. The number of nitrogens with one attached hydrogen (secondary N) is 1. The first-order chi connectivity index (χ1) is 8.76. The molecular formula is C15H24N2O. The van der Waals surface area contributed by atoms with Crippen molar-refractivity contribution in [1.29, 1.82) is 0 Å². The van der Waals surface area contributed by atoms with Crippen molar-refractivity contribution in [3.8, 4) is 5.75 Å². The van der Waals surface area contributed by atoms with Gasteiger partial charge >= 0.3 is 0 Å². The van der Waals surface area contributed by atoms with E-state index in [1.54, 1.807) is 7.11 Å². The van der Waals surface area contributed by atoms with E-state index in [4.69, 9.17) is 10.6 Å². The lowest BCUT2D eigenvalue weighted by Gasteiger charge is -2.27. The number of hydrogen-bond donors (Lipinski definition) is 2. The number of methoxy groups -OCH3 is 1. The van der Waals surface area contributed by atoms with E-state index in [0.29, 0.717) is 12.0 Å². The fourth-order valence-corrected chi connectivity index (χ4v) is 3.21. The van der Waals surface area contributed by atoms with Gasteiger partial charge in [0.25, 0.3) is 0 Å². The lowest BCUT2D eigenvalue weighted by atomic mass is 9.86. The molecule has 0 aromatic heterocycles. The van der Waals surface area contributed by atoms with Gasteiger partial charge in [-0.25, -0.2) is 0 Å². The van der Waals surface area contributed by atoms with Gasteiger partial charge in [0, 0.05) is 6.04 Å². The zero-order valence-corrected chi connectivity index (χ0v) is 11.4. The van der Waals surface area contributed by atoms with Crippen LogP contribution in [0.5, 0.6) is 5.75 Å². The molecule has 0 aliphatic heterocycles. The van der Waals surface area contributed by atoms with E-state index in [1.807, 2.05) is 12.1 Å². The van der Waals surface area contributed by atoms with Gasteiger partial charge in [-0.3, -0.25) is 11.3 Å². The van der Waals surface area contributed by atoms with E-state index in [1.165, 1.54) is 24.8 Å². The van der Waals surface area contributed by atoms with Crippen LogP contribution < -0.4 is 16.0 Å². The molecule has 1 aliphatic carbocycles. The number of rotatable bonds is 5. The zero-order chi connectivity index (χ0) is 13.0. The van der Waals surface area contributed by atoms with E-state index in [0.717, 1.165) is 18.1 Å². The second kappa shape index (κ2) is 6.21. The second-order valence-electron chi connectivity index (χ2n) is 5.36. The Labute approximate surface area is 110 Å². The van der Waals surface area contributed by atoms with Gasteiger partial charge in [0.05, 0.1) is 7.11 Å². The minimum absolute atomic E-state index is 0.346. The molecule has 0 amide bonds. The summed E-state index contributed by atoms with van der Waals surface area (Å²) < 4.78 is 5.41. The molecule has 3 atom stereocenters. The third-order valence-corrected chi connectivity index (χ3v) is 4.29. The molecule has 1 fully saturated rings. The molecule has 0 bridgehead atoms. The van der Waals surface area contributed by atoms with Gasteiger partial charge in [0.15, 0.2) is 0 Å². The molecule has 1 aliphatic rings. The van der Waals surface area contributed by atoms with Gasteiger partial charge in [-0.05, 0) is 36.3 Å². The molecule has 0 spiro atoms. The first-order valence-corrected chi connectivity index (χ1v) is 6.84. The van der Waals surface area contributed by atoms with Crippen LogP contribution in [0, 0.1) is 11.8 Å². The third kappa shape index (κ3) is 2.85. The summed E-state index contributed by atoms with van der Waals surface area (Å²) in [5.41, 5.74) is 4.26. The van der Waals surface area contributed by atoms with Crippen molar-refractivity contribution < 1.29 is 4.74 Å². The normalized spacial score (nSPS) is 25.1. The van der Waals surface area contributed by atoms with Gasteiger partial charge < -0.3 is 4.74 Å². The van der Waals surface area contributed by atoms with Crippen LogP contribution >= 0.6 is 0 Å². The van der Waals surface area contributed by atoms with Crippen molar-refractivity contribution >= 4 is 0 Å². The van der Waals surface area contributed by atoms with E-state index in [-0.39, 0.29) is 0 Å². The number of nitrogens with two attached hydrogens (primary N) is 1. The Morgan fingerprint density at radius 3 is 2.78 bits per heavy atom. The molecular weight excluding hydrogens is 224 g/mol. The largest absolute Gasteiger partial charge is 0.496 e. The predicted molar refractivity (Wildman–Crippen MR) is 74.3 cm³/mol. The molecule has 0 heterocycles. The first kappa shape index (κ1) is 13.4. The maximum atomic E-state index is 5.76. The molecule has 0 radical (unpaired) electrons. The van der Waals surface area contributed by atoms with E-state index >= 15 is 0 Å². The van der Waals surface area contributed by atoms with Crippen LogP contribution in [0.4, 0.5) is 0 Å². The average molecular weight is 248 g/mol. The fourth-order valence-electron chi connectivity index (χ4n) is 3.21. The highest BCUT2D eigenvalue weighted by Gasteiger charge is 2.30. The van der Waals surface area contributed by atoms with Crippen molar-refractivity contribution in [3.63, 3.8) is 0 Å². The van der Waals surface area contributed by atoms with Crippen molar-refractivity contribution in [2.45, 2.75) is 38.6 Å². The van der Waals surface area contributed by atoms with Crippen molar-refractivity contribution in [2.24, 2.45) is 17.7 Å². The molecule has 1 aromatic rings. The maximum absolute atomic E-state index is 5.76. The number of para-hydroxylation sites is 1. The number of hydrogen-bond acceptors (Lipinski definition) is 3.